The van der Waals surface area contributed by atoms with E-state index >= 15 is 0 Å². The molecule has 1 N–H and O–H groups in total. The minimum atomic E-state index is -0.378. The van der Waals surface area contributed by atoms with Crippen LogP contribution in [0.3, 0.4) is 0 Å². The lowest BCUT2D eigenvalue weighted by atomic mass is 9.94. The molecule has 4 aromatic rings. The second kappa shape index (κ2) is 13.9. The molecule has 52 heavy (non-hydrogen) atoms. The molecular formula is C40H37N5O7. The molecule has 1 unspecified atom stereocenters. The van der Waals surface area contributed by atoms with Gasteiger partial charge in [0.2, 0.25) is 0 Å². The second-order valence-electron chi connectivity index (χ2n) is 13.0. The SMILES string of the molecule is COc1cc2c(cc1OCCNC(=O)COc1cc3c(cc1OC)C(=O)N1Cc4ccccc4CC1C=N3)N=C[C@@H]1Cc3ccccc3CN1C2=O. The van der Waals surface area contributed by atoms with E-state index in [1.54, 1.807) is 30.5 Å². The summed E-state index contributed by atoms with van der Waals surface area (Å²) < 4.78 is 23.0. The molecule has 2 atom stereocenters. The number of aliphatic imine (C=N–C) groups is 2. The van der Waals surface area contributed by atoms with Gasteiger partial charge in [0.15, 0.2) is 29.6 Å². The Morgan fingerprint density at radius 3 is 1.67 bits per heavy atom. The van der Waals surface area contributed by atoms with Crippen molar-refractivity contribution in [2.24, 2.45) is 9.98 Å². The van der Waals surface area contributed by atoms with Crippen LogP contribution in [-0.2, 0) is 30.7 Å². The minimum absolute atomic E-state index is 0.115. The number of fused-ring (bicyclic) bond motifs is 6. The monoisotopic (exact) mass is 699 g/mol. The number of rotatable bonds is 9. The summed E-state index contributed by atoms with van der Waals surface area (Å²) in [6, 6.07) is 22.6. The number of nitrogens with one attached hydrogen (secondary N) is 1. The normalized spacial score (nSPS) is 18.0. The fraction of sp³-hybridized carbons (Fsp3) is 0.275. The standard InChI is InChI=1S/C40H37N5O7/c1-49-34-15-30-32(42-19-28-13-24-7-3-5-9-26(24)21-44(28)39(30)47)17-36(34)51-12-11-41-38(46)23-52-37-18-33-31(16-35(37)50-2)40(48)45-22-27-10-6-4-8-25(27)14-29(45)20-43-33/h3-10,15-20,28-29H,11-14,21-23H2,1-2H3,(H,41,46)/t28-,29?/m0/s1. The van der Waals surface area contributed by atoms with Gasteiger partial charge in [0.05, 0.1) is 55.3 Å². The maximum absolute atomic E-state index is 13.7. The van der Waals surface area contributed by atoms with Crippen LogP contribution >= 0.6 is 0 Å². The van der Waals surface area contributed by atoms with Gasteiger partial charge in [-0.25, -0.2) is 0 Å². The summed E-state index contributed by atoms with van der Waals surface area (Å²) in [6.07, 6.45) is 5.01. The van der Waals surface area contributed by atoms with Gasteiger partial charge in [-0.05, 0) is 47.2 Å². The Kier molecular flexibility index (Phi) is 8.80. The van der Waals surface area contributed by atoms with Crippen molar-refractivity contribution in [3.05, 3.63) is 106 Å². The lowest BCUT2D eigenvalue weighted by Gasteiger charge is -2.34. The summed E-state index contributed by atoms with van der Waals surface area (Å²) in [4.78, 5) is 53.1. The third kappa shape index (κ3) is 6.21. The van der Waals surface area contributed by atoms with Crippen molar-refractivity contribution in [3.8, 4) is 23.0 Å². The van der Waals surface area contributed by atoms with E-state index in [1.807, 2.05) is 46.3 Å². The molecule has 3 amide bonds. The molecule has 8 rings (SSSR count). The maximum Gasteiger partial charge on any atom is 0.258 e. The van der Waals surface area contributed by atoms with Crippen LogP contribution in [0.4, 0.5) is 11.4 Å². The van der Waals surface area contributed by atoms with Crippen LogP contribution in [-0.4, -0.2) is 86.0 Å². The molecule has 0 aliphatic carbocycles. The van der Waals surface area contributed by atoms with Crippen LogP contribution in [0.15, 0.2) is 82.8 Å². The molecule has 0 aromatic heterocycles. The lowest BCUT2D eigenvalue weighted by molar-refractivity contribution is -0.123. The Bertz CT molecular complexity index is 2150. The third-order valence-corrected chi connectivity index (χ3v) is 9.94. The average Bonchev–Trinajstić information content (AvgIpc) is 3.39. The fourth-order valence-electron chi connectivity index (χ4n) is 7.19. The number of benzene rings is 4. The molecule has 4 heterocycles. The zero-order chi connectivity index (χ0) is 35.8. The van der Waals surface area contributed by atoms with Crippen molar-refractivity contribution in [1.29, 1.82) is 0 Å². The summed E-state index contributed by atoms with van der Waals surface area (Å²) in [5.41, 5.74) is 6.48. The molecular weight excluding hydrogens is 662 g/mol. The molecule has 4 aliphatic heterocycles. The van der Waals surface area contributed by atoms with Crippen LogP contribution in [0.5, 0.6) is 23.0 Å². The van der Waals surface area contributed by atoms with Crippen LogP contribution in [0.1, 0.15) is 43.0 Å². The number of amides is 3. The molecule has 0 spiro atoms. The zero-order valence-electron chi connectivity index (χ0n) is 28.8. The number of ether oxygens (including phenoxy) is 4. The summed E-state index contributed by atoms with van der Waals surface area (Å²) >= 11 is 0. The maximum atomic E-state index is 13.7. The number of carbonyl (C=O) groups excluding carboxylic acids is 3. The van der Waals surface area contributed by atoms with Crippen molar-refractivity contribution < 1.29 is 33.3 Å². The first-order valence-corrected chi connectivity index (χ1v) is 17.2. The molecule has 4 aromatic carbocycles. The van der Waals surface area contributed by atoms with Gasteiger partial charge in [0.25, 0.3) is 17.7 Å². The van der Waals surface area contributed by atoms with E-state index < -0.39 is 0 Å². The van der Waals surface area contributed by atoms with E-state index in [2.05, 4.69) is 33.5 Å². The molecule has 264 valence electrons. The van der Waals surface area contributed by atoms with Gasteiger partial charge >= 0.3 is 0 Å². The molecule has 4 aliphatic rings. The predicted molar refractivity (Wildman–Crippen MR) is 194 cm³/mol. The zero-order valence-corrected chi connectivity index (χ0v) is 28.8. The molecule has 0 radical (unpaired) electrons. The Labute approximate surface area is 300 Å². The highest BCUT2D eigenvalue weighted by atomic mass is 16.5. The largest absolute Gasteiger partial charge is 0.493 e. The topological polar surface area (TPSA) is 131 Å². The van der Waals surface area contributed by atoms with Gasteiger partial charge in [-0.1, -0.05) is 48.5 Å². The third-order valence-electron chi connectivity index (χ3n) is 9.94. The highest BCUT2D eigenvalue weighted by molar-refractivity contribution is 6.04. The van der Waals surface area contributed by atoms with Crippen LogP contribution in [0.2, 0.25) is 0 Å². The van der Waals surface area contributed by atoms with Gasteiger partial charge in [-0.2, -0.15) is 0 Å². The first-order chi connectivity index (χ1) is 25.4. The van der Waals surface area contributed by atoms with Crippen molar-refractivity contribution in [1.82, 2.24) is 15.1 Å². The van der Waals surface area contributed by atoms with Crippen molar-refractivity contribution in [3.63, 3.8) is 0 Å². The predicted octanol–water partition coefficient (Wildman–Crippen LogP) is 4.84. The van der Waals surface area contributed by atoms with Crippen molar-refractivity contribution in [2.45, 2.75) is 38.0 Å². The summed E-state index contributed by atoms with van der Waals surface area (Å²) in [5, 5.41) is 2.79. The van der Waals surface area contributed by atoms with Gasteiger partial charge in [-0.15, -0.1) is 0 Å². The fourth-order valence-corrected chi connectivity index (χ4v) is 7.19. The highest BCUT2D eigenvalue weighted by Gasteiger charge is 2.35. The minimum Gasteiger partial charge on any atom is -0.493 e. The van der Waals surface area contributed by atoms with Crippen LogP contribution in [0.25, 0.3) is 0 Å². The Hall–Kier alpha value is -6.17. The van der Waals surface area contributed by atoms with Crippen molar-refractivity contribution in [2.75, 3.05) is 34.0 Å². The van der Waals surface area contributed by atoms with E-state index in [0.717, 1.165) is 11.1 Å². The first-order valence-electron chi connectivity index (χ1n) is 17.2. The first kappa shape index (κ1) is 33.0. The smallest absolute Gasteiger partial charge is 0.258 e. The quantitative estimate of drug-likeness (QED) is 0.248. The molecule has 0 saturated carbocycles. The number of hydrogen-bond acceptors (Lipinski definition) is 9. The molecule has 0 saturated heterocycles. The summed E-state index contributed by atoms with van der Waals surface area (Å²) in [5.74, 6) is 0.791. The number of nitrogens with zero attached hydrogens (tertiary/aromatic N) is 4. The molecule has 0 fully saturated rings. The number of methoxy groups -OCH3 is 2. The van der Waals surface area contributed by atoms with Gasteiger partial charge in [0.1, 0.15) is 6.61 Å². The Morgan fingerprint density at radius 1 is 0.692 bits per heavy atom. The summed E-state index contributed by atoms with van der Waals surface area (Å²) in [7, 11) is 3.00. The van der Waals surface area contributed by atoms with Crippen molar-refractivity contribution >= 4 is 41.5 Å². The van der Waals surface area contributed by atoms with E-state index in [-0.39, 0.29) is 49.6 Å². The van der Waals surface area contributed by atoms with Gasteiger partial charge in [0, 0.05) is 37.7 Å². The van der Waals surface area contributed by atoms with E-state index in [0.29, 0.717) is 71.4 Å². The van der Waals surface area contributed by atoms with Crippen LogP contribution in [0, 0.1) is 0 Å². The van der Waals surface area contributed by atoms with E-state index in [1.165, 1.54) is 25.3 Å². The van der Waals surface area contributed by atoms with Gasteiger partial charge in [-0.3, -0.25) is 24.4 Å². The van der Waals surface area contributed by atoms with E-state index in [9.17, 15) is 14.4 Å². The second-order valence-corrected chi connectivity index (χ2v) is 13.0. The van der Waals surface area contributed by atoms with Gasteiger partial charge < -0.3 is 34.1 Å². The Balaban J connectivity index is 0.884. The number of hydrogen-bond donors (Lipinski definition) is 1. The van der Waals surface area contributed by atoms with Crippen LogP contribution < -0.4 is 24.3 Å². The molecule has 0 bridgehead atoms. The molecule has 12 nitrogen and oxygen atoms in total. The summed E-state index contributed by atoms with van der Waals surface area (Å²) in [6.45, 7) is 1.02. The molecule has 12 heteroatoms. The average molecular weight is 700 g/mol. The highest BCUT2D eigenvalue weighted by Crippen LogP contribution is 2.40. The lowest BCUT2D eigenvalue weighted by Crippen LogP contribution is -2.44. The van der Waals surface area contributed by atoms with E-state index in [4.69, 9.17) is 18.9 Å². The Morgan fingerprint density at radius 2 is 1.17 bits per heavy atom. The number of carbonyl (C=O) groups is 3.